The van der Waals surface area contributed by atoms with Gasteiger partial charge >= 0.3 is 0 Å². The van der Waals surface area contributed by atoms with Gasteiger partial charge in [-0.3, -0.25) is 4.79 Å². The molecule has 0 radical (unpaired) electrons. The van der Waals surface area contributed by atoms with Crippen molar-refractivity contribution in [2.45, 2.75) is 32.2 Å². The first-order valence-corrected chi connectivity index (χ1v) is 11.5. The van der Waals surface area contributed by atoms with Crippen LogP contribution in [0.3, 0.4) is 0 Å². The van der Waals surface area contributed by atoms with Gasteiger partial charge in [0.2, 0.25) is 10.0 Å². The highest BCUT2D eigenvalue weighted by atomic mass is 35.5. The lowest BCUT2D eigenvalue weighted by Gasteiger charge is -2.20. The molecule has 0 aliphatic heterocycles. The molecule has 30 heavy (non-hydrogen) atoms. The quantitative estimate of drug-likeness (QED) is 0.552. The summed E-state index contributed by atoms with van der Waals surface area (Å²) in [5.74, 6) is 0. The number of hydrogen-bond donors (Lipinski definition) is 0. The van der Waals surface area contributed by atoms with Crippen LogP contribution in [0.25, 0.3) is 11.3 Å². The minimum atomic E-state index is -3.61. The molecule has 0 fully saturated rings. The number of aryl methyl sites for hydroxylation is 1. The van der Waals surface area contributed by atoms with Crippen LogP contribution in [-0.4, -0.2) is 35.6 Å². The van der Waals surface area contributed by atoms with Gasteiger partial charge in [0.15, 0.2) is 0 Å². The summed E-state index contributed by atoms with van der Waals surface area (Å²) in [5, 5.41) is 5.08. The molecule has 0 spiro atoms. The average Bonchev–Trinajstić information content (AvgIpc) is 2.72. The third-order valence-electron chi connectivity index (χ3n) is 4.92. The summed E-state index contributed by atoms with van der Waals surface area (Å²) in [5.41, 5.74) is 2.48. The number of hydrogen-bond acceptors (Lipinski definition) is 4. The van der Waals surface area contributed by atoms with Crippen molar-refractivity contribution in [1.82, 2.24) is 14.1 Å². The predicted octanol–water partition coefficient (Wildman–Crippen LogP) is 3.95. The highest BCUT2D eigenvalue weighted by Crippen LogP contribution is 2.26. The molecular formula is C22H24ClN3O3S. The summed E-state index contributed by atoms with van der Waals surface area (Å²) in [6, 6.07) is 15.5. The Morgan fingerprint density at radius 1 is 1.00 bits per heavy atom. The number of aromatic nitrogens is 2. The molecule has 0 aliphatic carbocycles. The summed E-state index contributed by atoms with van der Waals surface area (Å²) in [6.45, 7) is 6.48. The largest absolute Gasteiger partial charge is 0.268 e. The lowest BCUT2D eigenvalue weighted by molar-refractivity contribution is 0.445. The molecule has 0 saturated heterocycles. The molecule has 0 amide bonds. The Balaban J connectivity index is 2.02. The zero-order valence-electron chi connectivity index (χ0n) is 17.2. The van der Waals surface area contributed by atoms with Gasteiger partial charge in [0.05, 0.1) is 17.1 Å². The molecule has 6 nitrogen and oxygen atoms in total. The molecule has 0 bridgehead atoms. The zero-order chi connectivity index (χ0) is 21.9. The summed E-state index contributed by atoms with van der Waals surface area (Å²) in [4.78, 5) is 12.5. The van der Waals surface area contributed by atoms with Gasteiger partial charge in [-0.15, -0.1) is 0 Å². The molecule has 1 aromatic heterocycles. The van der Waals surface area contributed by atoms with Gasteiger partial charge < -0.3 is 0 Å². The molecule has 0 atom stereocenters. The van der Waals surface area contributed by atoms with Gasteiger partial charge in [0.25, 0.3) is 5.56 Å². The van der Waals surface area contributed by atoms with Gasteiger partial charge in [0, 0.05) is 29.7 Å². The second kappa shape index (κ2) is 9.12. The third-order valence-corrected chi connectivity index (χ3v) is 7.36. The van der Waals surface area contributed by atoms with E-state index in [0.717, 1.165) is 5.56 Å². The summed E-state index contributed by atoms with van der Waals surface area (Å²) in [7, 11) is -3.61. The van der Waals surface area contributed by atoms with Crippen molar-refractivity contribution in [3.8, 4) is 11.3 Å². The number of nitrogens with zero attached hydrogens (tertiary/aromatic N) is 3. The maximum absolute atomic E-state index is 13.0. The Labute approximate surface area is 181 Å². The Morgan fingerprint density at radius 2 is 1.67 bits per heavy atom. The molecule has 3 aromatic rings. The van der Waals surface area contributed by atoms with E-state index < -0.39 is 10.0 Å². The molecule has 0 unspecified atom stereocenters. The molecule has 0 aliphatic rings. The van der Waals surface area contributed by atoms with Crippen LogP contribution in [0, 0.1) is 6.92 Å². The summed E-state index contributed by atoms with van der Waals surface area (Å²) < 4.78 is 28.8. The van der Waals surface area contributed by atoms with E-state index in [-0.39, 0.29) is 10.5 Å². The maximum atomic E-state index is 13.0. The zero-order valence-corrected chi connectivity index (χ0v) is 18.7. The minimum Gasteiger partial charge on any atom is -0.268 e. The van der Waals surface area contributed by atoms with Crippen molar-refractivity contribution in [3.63, 3.8) is 0 Å². The molecule has 0 N–H and O–H groups in total. The van der Waals surface area contributed by atoms with E-state index >= 15 is 0 Å². The van der Waals surface area contributed by atoms with Crippen LogP contribution in [0.15, 0.2) is 64.3 Å². The SMILES string of the molecule is CCN(CC)S(=O)(=O)c1cc(-c2ccc(=O)n(Cc3ccc(Cl)cc3)n2)ccc1C. The highest BCUT2D eigenvalue weighted by molar-refractivity contribution is 7.89. The molecule has 1 heterocycles. The first-order valence-electron chi connectivity index (χ1n) is 9.70. The Morgan fingerprint density at radius 3 is 2.30 bits per heavy atom. The van der Waals surface area contributed by atoms with Crippen molar-refractivity contribution in [3.05, 3.63) is 81.1 Å². The number of benzene rings is 2. The Kier molecular flexibility index (Phi) is 6.75. The Bertz CT molecular complexity index is 1200. The molecule has 3 rings (SSSR count). The van der Waals surface area contributed by atoms with Crippen LogP contribution < -0.4 is 5.56 Å². The monoisotopic (exact) mass is 445 g/mol. The maximum Gasteiger partial charge on any atom is 0.267 e. The van der Waals surface area contributed by atoms with Crippen molar-refractivity contribution in [2.75, 3.05) is 13.1 Å². The fourth-order valence-corrected chi connectivity index (χ4v) is 5.05. The van der Waals surface area contributed by atoms with Gasteiger partial charge in [-0.25, -0.2) is 13.1 Å². The van der Waals surface area contributed by atoms with Crippen LogP contribution in [0.1, 0.15) is 25.0 Å². The van der Waals surface area contributed by atoms with Gasteiger partial charge in [-0.05, 0) is 42.3 Å². The van der Waals surface area contributed by atoms with Gasteiger partial charge in [0.1, 0.15) is 0 Å². The molecular weight excluding hydrogens is 422 g/mol. The molecule has 158 valence electrons. The molecule has 8 heteroatoms. The van der Waals surface area contributed by atoms with Gasteiger partial charge in [-0.2, -0.15) is 9.40 Å². The van der Waals surface area contributed by atoms with Crippen LogP contribution in [0.4, 0.5) is 0 Å². The Hall–Kier alpha value is -2.48. The smallest absolute Gasteiger partial charge is 0.267 e. The fourth-order valence-electron chi connectivity index (χ4n) is 3.22. The lowest BCUT2D eigenvalue weighted by Crippen LogP contribution is -2.31. The average molecular weight is 446 g/mol. The van der Waals surface area contributed by atoms with Crippen molar-refractivity contribution in [1.29, 1.82) is 0 Å². The van der Waals surface area contributed by atoms with Crippen LogP contribution in [0.2, 0.25) is 5.02 Å². The highest BCUT2D eigenvalue weighted by Gasteiger charge is 2.24. The number of halogens is 1. The predicted molar refractivity (Wildman–Crippen MR) is 119 cm³/mol. The first kappa shape index (κ1) is 22.2. The van der Waals surface area contributed by atoms with Crippen LogP contribution in [-0.2, 0) is 16.6 Å². The number of sulfonamides is 1. The lowest BCUT2D eigenvalue weighted by atomic mass is 10.1. The van der Waals surface area contributed by atoms with Crippen LogP contribution >= 0.6 is 11.6 Å². The van der Waals surface area contributed by atoms with Crippen molar-refractivity contribution >= 4 is 21.6 Å². The third kappa shape index (κ3) is 4.64. The molecule has 0 saturated carbocycles. The van der Waals surface area contributed by atoms with Crippen LogP contribution in [0.5, 0.6) is 0 Å². The number of rotatable bonds is 7. The fraction of sp³-hybridized carbons (Fsp3) is 0.273. The van der Waals surface area contributed by atoms with Gasteiger partial charge in [-0.1, -0.05) is 49.7 Å². The summed E-state index contributed by atoms with van der Waals surface area (Å²) >= 11 is 5.92. The standard InChI is InChI=1S/C22H24ClN3O3S/c1-4-25(5-2)30(28,29)21-14-18(9-6-16(21)3)20-12-13-22(27)26(24-20)15-17-7-10-19(23)11-8-17/h6-14H,4-5,15H2,1-3H3. The topological polar surface area (TPSA) is 72.3 Å². The van der Waals surface area contributed by atoms with E-state index in [0.29, 0.717) is 41.5 Å². The van der Waals surface area contributed by atoms with E-state index in [1.165, 1.54) is 15.1 Å². The van der Waals surface area contributed by atoms with E-state index in [4.69, 9.17) is 11.6 Å². The van der Waals surface area contributed by atoms with Crippen molar-refractivity contribution in [2.24, 2.45) is 0 Å². The van der Waals surface area contributed by atoms with Crippen molar-refractivity contribution < 1.29 is 8.42 Å². The second-order valence-electron chi connectivity index (χ2n) is 6.91. The second-order valence-corrected chi connectivity index (χ2v) is 9.25. The van der Waals surface area contributed by atoms with E-state index in [1.54, 1.807) is 37.3 Å². The van der Waals surface area contributed by atoms with E-state index in [2.05, 4.69) is 5.10 Å². The summed E-state index contributed by atoms with van der Waals surface area (Å²) in [6.07, 6.45) is 0. The van der Waals surface area contributed by atoms with E-state index in [1.807, 2.05) is 32.0 Å². The molecule has 2 aromatic carbocycles. The first-order chi connectivity index (χ1) is 14.3. The minimum absolute atomic E-state index is 0.239. The van der Waals surface area contributed by atoms with E-state index in [9.17, 15) is 13.2 Å². The normalized spacial score (nSPS) is 11.8.